The van der Waals surface area contributed by atoms with Crippen LogP contribution in [0.4, 0.5) is 0 Å². The first-order valence-electron chi connectivity index (χ1n) is 21.9. The highest BCUT2D eigenvalue weighted by molar-refractivity contribution is 7.46. The fourth-order valence-electron chi connectivity index (χ4n) is 6.03. The van der Waals surface area contributed by atoms with E-state index in [1.165, 1.54) is 122 Å². The first-order chi connectivity index (χ1) is 26.3. The molecule has 8 nitrogen and oxygen atoms in total. The fourth-order valence-corrected chi connectivity index (χ4v) is 6.39. The lowest BCUT2D eigenvalue weighted by Crippen LogP contribution is -2.29. The van der Waals surface area contributed by atoms with Crippen LogP contribution in [0.2, 0.25) is 0 Å². The number of hydrogen-bond acceptors (Lipinski definition) is 6. The van der Waals surface area contributed by atoms with Crippen LogP contribution in [-0.4, -0.2) is 41.0 Å². The van der Waals surface area contributed by atoms with Crippen molar-refractivity contribution >= 4 is 19.8 Å². The molecule has 0 aliphatic carbocycles. The smallest absolute Gasteiger partial charge is 0.462 e. The minimum Gasteiger partial charge on any atom is -0.462 e. The molecule has 0 aromatic heterocycles. The molecular weight excluding hydrogens is 699 g/mol. The number of esters is 2. The van der Waals surface area contributed by atoms with Crippen molar-refractivity contribution < 1.29 is 37.9 Å². The predicted octanol–water partition coefficient (Wildman–Crippen LogP) is 13.5. The number of carbonyl (C=O) groups is 2. The quantitative estimate of drug-likeness (QED) is 0.0273. The number of hydrogen-bond donors (Lipinski definition) is 2. The van der Waals surface area contributed by atoms with Gasteiger partial charge in [0.15, 0.2) is 6.10 Å². The summed E-state index contributed by atoms with van der Waals surface area (Å²) in [6.45, 7) is 3.64. The van der Waals surface area contributed by atoms with Gasteiger partial charge in [0.25, 0.3) is 0 Å². The van der Waals surface area contributed by atoms with E-state index in [1.54, 1.807) is 0 Å². The highest BCUT2D eigenvalue weighted by atomic mass is 31.2. The van der Waals surface area contributed by atoms with Crippen LogP contribution in [0.15, 0.2) is 48.6 Å². The molecule has 0 spiro atoms. The van der Waals surface area contributed by atoms with E-state index in [1.807, 2.05) is 6.08 Å². The van der Waals surface area contributed by atoms with Crippen LogP contribution in [0.5, 0.6) is 0 Å². The molecule has 0 radical (unpaired) electrons. The third-order valence-corrected chi connectivity index (χ3v) is 9.81. The molecule has 0 aliphatic rings. The van der Waals surface area contributed by atoms with Crippen molar-refractivity contribution in [1.82, 2.24) is 0 Å². The zero-order valence-electron chi connectivity index (χ0n) is 34.6. The average Bonchev–Trinajstić information content (AvgIpc) is 3.14. The molecule has 0 fully saturated rings. The average molecular weight is 781 g/mol. The molecule has 0 saturated heterocycles. The van der Waals surface area contributed by atoms with E-state index in [0.29, 0.717) is 12.8 Å². The Balaban J connectivity index is 3.97. The fraction of sp³-hybridized carbons (Fsp3) is 0.778. The Kier molecular flexibility index (Phi) is 39.2. The summed E-state index contributed by atoms with van der Waals surface area (Å²) in [7, 11) is -4.77. The molecule has 0 saturated carbocycles. The molecule has 0 aliphatic heterocycles. The third-order valence-electron chi connectivity index (χ3n) is 9.32. The molecule has 0 aromatic rings. The van der Waals surface area contributed by atoms with Crippen LogP contribution in [0.25, 0.3) is 0 Å². The Bertz CT molecular complexity index is 1020. The number of carbonyl (C=O) groups excluding carboxylic acids is 2. The van der Waals surface area contributed by atoms with Crippen LogP contribution in [0.3, 0.4) is 0 Å². The summed E-state index contributed by atoms with van der Waals surface area (Å²) in [6, 6.07) is 0. The number of allylic oxidation sites excluding steroid dienone is 8. The van der Waals surface area contributed by atoms with Crippen LogP contribution in [0, 0.1) is 0 Å². The normalized spacial score (nSPS) is 12.9. The van der Waals surface area contributed by atoms with Crippen molar-refractivity contribution in [3.8, 4) is 0 Å². The Morgan fingerprint density at radius 1 is 0.481 bits per heavy atom. The van der Waals surface area contributed by atoms with Crippen LogP contribution in [0.1, 0.15) is 206 Å². The Labute approximate surface area is 331 Å². The van der Waals surface area contributed by atoms with Crippen molar-refractivity contribution in [3.63, 3.8) is 0 Å². The molecule has 2 N–H and O–H groups in total. The number of rotatable bonds is 40. The van der Waals surface area contributed by atoms with Gasteiger partial charge in [0.1, 0.15) is 6.61 Å². The lowest BCUT2D eigenvalue weighted by molar-refractivity contribution is -0.161. The Hall–Kier alpha value is -1.99. The number of unbranched alkanes of at least 4 members (excludes halogenated alkanes) is 22. The molecule has 0 bridgehead atoms. The maximum atomic E-state index is 12.4. The number of ether oxygens (including phenoxy) is 2. The van der Waals surface area contributed by atoms with E-state index >= 15 is 0 Å². The van der Waals surface area contributed by atoms with Gasteiger partial charge in [-0.1, -0.05) is 172 Å². The van der Waals surface area contributed by atoms with Crippen LogP contribution < -0.4 is 0 Å². The number of phosphoric ester groups is 1. The van der Waals surface area contributed by atoms with Crippen molar-refractivity contribution in [3.05, 3.63) is 48.6 Å². The molecule has 0 aromatic carbocycles. The van der Waals surface area contributed by atoms with Gasteiger partial charge >= 0.3 is 19.8 Å². The van der Waals surface area contributed by atoms with E-state index in [2.05, 4.69) is 60.9 Å². The van der Waals surface area contributed by atoms with Crippen LogP contribution in [-0.2, 0) is 28.2 Å². The summed E-state index contributed by atoms with van der Waals surface area (Å²) in [5.41, 5.74) is 0. The minimum absolute atomic E-state index is 0.195. The summed E-state index contributed by atoms with van der Waals surface area (Å²) in [6.07, 6.45) is 49.8. The van der Waals surface area contributed by atoms with Gasteiger partial charge in [0.05, 0.1) is 6.61 Å². The first kappa shape index (κ1) is 52.0. The van der Waals surface area contributed by atoms with Gasteiger partial charge in [0.2, 0.25) is 0 Å². The highest BCUT2D eigenvalue weighted by Gasteiger charge is 2.22. The van der Waals surface area contributed by atoms with Gasteiger partial charge in [-0.2, -0.15) is 0 Å². The maximum absolute atomic E-state index is 12.4. The summed E-state index contributed by atoms with van der Waals surface area (Å²) < 4.78 is 26.4. The van der Waals surface area contributed by atoms with Crippen molar-refractivity contribution in [2.24, 2.45) is 0 Å². The second kappa shape index (κ2) is 40.7. The zero-order chi connectivity index (χ0) is 39.6. The maximum Gasteiger partial charge on any atom is 0.469 e. The summed E-state index contributed by atoms with van der Waals surface area (Å²) in [5, 5.41) is 0. The van der Waals surface area contributed by atoms with Crippen LogP contribution >= 0.6 is 7.82 Å². The van der Waals surface area contributed by atoms with E-state index < -0.39 is 32.5 Å². The molecule has 54 heavy (non-hydrogen) atoms. The number of phosphoric acid groups is 1. The summed E-state index contributed by atoms with van der Waals surface area (Å²) in [5.74, 6) is -0.946. The predicted molar refractivity (Wildman–Crippen MR) is 225 cm³/mol. The second-order valence-corrected chi connectivity index (χ2v) is 15.9. The van der Waals surface area contributed by atoms with Crippen molar-refractivity contribution in [1.29, 1.82) is 0 Å². The SMILES string of the molecule is CCCCCCCC/C=C\C/C=C\C/C=C\CCCC(=O)OC[C@H](COP(=O)(O)O)OC(=O)CCCCCCCCCCC/C=C\CCCCCCCC. The molecule has 1 atom stereocenters. The molecule has 314 valence electrons. The Morgan fingerprint density at radius 3 is 1.31 bits per heavy atom. The highest BCUT2D eigenvalue weighted by Crippen LogP contribution is 2.36. The summed E-state index contributed by atoms with van der Waals surface area (Å²) in [4.78, 5) is 42.9. The molecule has 0 amide bonds. The van der Waals surface area contributed by atoms with Crippen molar-refractivity contribution in [2.75, 3.05) is 13.2 Å². The van der Waals surface area contributed by atoms with Gasteiger partial charge in [-0.05, 0) is 70.6 Å². The molecule has 0 heterocycles. The minimum atomic E-state index is -4.77. The van der Waals surface area contributed by atoms with Gasteiger partial charge < -0.3 is 19.3 Å². The van der Waals surface area contributed by atoms with E-state index in [9.17, 15) is 14.2 Å². The van der Waals surface area contributed by atoms with Crippen molar-refractivity contribution in [2.45, 2.75) is 213 Å². The first-order valence-corrected chi connectivity index (χ1v) is 23.5. The third kappa shape index (κ3) is 42.7. The Morgan fingerprint density at radius 2 is 0.852 bits per heavy atom. The largest absolute Gasteiger partial charge is 0.469 e. The lowest BCUT2D eigenvalue weighted by Gasteiger charge is -2.18. The topological polar surface area (TPSA) is 119 Å². The molecule has 0 rings (SSSR count). The zero-order valence-corrected chi connectivity index (χ0v) is 35.5. The van der Waals surface area contributed by atoms with Gasteiger partial charge in [0, 0.05) is 12.8 Å². The molecule has 9 heteroatoms. The lowest BCUT2D eigenvalue weighted by atomic mass is 10.1. The second-order valence-electron chi connectivity index (χ2n) is 14.7. The molecular formula is C45H81O8P. The summed E-state index contributed by atoms with van der Waals surface area (Å²) >= 11 is 0. The van der Waals surface area contributed by atoms with E-state index in [0.717, 1.165) is 44.9 Å². The monoisotopic (exact) mass is 781 g/mol. The van der Waals surface area contributed by atoms with Gasteiger partial charge in [-0.15, -0.1) is 0 Å². The van der Waals surface area contributed by atoms with Gasteiger partial charge in [-0.3, -0.25) is 14.1 Å². The van der Waals surface area contributed by atoms with Gasteiger partial charge in [-0.25, -0.2) is 4.57 Å². The standard InChI is InChI=1S/C45H81O8P/c1-3-5-7-9-11-13-15-17-19-21-22-24-26-28-30-32-34-36-38-40-45(47)53-43(42-52-54(48,49)50)41-51-44(46)39-37-35-33-31-29-27-25-23-20-18-16-14-12-10-8-6-4-2/h17-20,25,27,31,33,43H,3-16,21-24,26,28-30,32,34-42H2,1-2H3,(H2,48,49,50)/b19-17-,20-18-,27-25-,33-31-/t43-/m1/s1. The van der Waals surface area contributed by atoms with E-state index in [-0.39, 0.29) is 19.4 Å². The molecule has 0 unspecified atom stereocenters. The van der Waals surface area contributed by atoms with E-state index in [4.69, 9.17) is 19.3 Å².